The minimum atomic E-state index is -0.326. The molecule has 0 atom stereocenters. The maximum Gasteiger partial charge on any atom is 0.270 e. The third-order valence-electron chi connectivity index (χ3n) is 5.61. The maximum atomic E-state index is 12.9. The molecule has 0 aliphatic carbocycles. The molecule has 8 nitrogen and oxygen atoms in total. The molecule has 0 saturated carbocycles. The van der Waals surface area contributed by atoms with Crippen LogP contribution < -0.4 is 5.32 Å². The Labute approximate surface area is 179 Å². The van der Waals surface area contributed by atoms with Crippen LogP contribution in [0.3, 0.4) is 0 Å². The molecular weight excluding hydrogens is 392 g/mol. The Morgan fingerprint density at radius 3 is 2.65 bits per heavy atom. The lowest BCUT2D eigenvalue weighted by Gasteiger charge is -2.38. The Bertz CT molecular complexity index is 1270. The van der Waals surface area contributed by atoms with Crippen molar-refractivity contribution in [3.8, 4) is 11.4 Å². The Morgan fingerprint density at radius 2 is 2.00 bits per heavy atom. The van der Waals surface area contributed by atoms with Gasteiger partial charge in [0, 0.05) is 38.1 Å². The molecule has 0 bridgehead atoms. The Kier molecular flexibility index (Phi) is 4.59. The van der Waals surface area contributed by atoms with E-state index in [1.54, 1.807) is 4.68 Å². The molecule has 158 valence electrons. The summed E-state index contributed by atoms with van der Waals surface area (Å²) in [7, 11) is 3.82. The van der Waals surface area contributed by atoms with Crippen molar-refractivity contribution in [3.63, 3.8) is 0 Å². The van der Waals surface area contributed by atoms with Crippen molar-refractivity contribution in [1.29, 1.82) is 0 Å². The molecular formula is C23H24N6O2. The molecule has 1 fully saturated rings. The summed E-state index contributed by atoms with van der Waals surface area (Å²) in [5.41, 5.74) is 4.65. The van der Waals surface area contributed by atoms with Gasteiger partial charge >= 0.3 is 0 Å². The van der Waals surface area contributed by atoms with Gasteiger partial charge in [0.1, 0.15) is 17.0 Å². The molecule has 31 heavy (non-hydrogen) atoms. The van der Waals surface area contributed by atoms with E-state index in [0.29, 0.717) is 25.3 Å². The number of ether oxygens (including phenoxy) is 1. The molecule has 0 unspecified atom stereocenters. The summed E-state index contributed by atoms with van der Waals surface area (Å²) < 4.78 is 8.94. The number of rotatable bonds is 5. The van der Waals surface area contributed by atoms with Crippen LogP contribution in [0.2, 0.25) is 0 Å². The van der Waals surface area contributed by atoms with Gasteiger partial charge in [-0.1, -0.05) is 6.07 Å². The average molecular weight is 416 g/mol. The van der Waals surface area contributed by atoms with Crippen molar-refractivity contribution in [3.05, 3.63) is 65.7 Å². The second-order valence-electron chi connectivity index (χ2n) is 8.44. The number of carbonyl (C=O) groups is 1. The molecule has 1 saturated heterocycles. The van der Waals surface area contributed by atoms with Crippen LogP contribution in [0.15, 0.2) is 48.9 Å². The molecule has 1 aliphatic heterocycles. The number of aryl methyl sites for hydroxylation is 2. The molecule has 1 amide bonds. The summed E-state index contributed by atoms with van der Waals surface area (Å²) in [6, 6.07) is 9.89. The van der Waals surface area contributed by atoms with E-state index in [1.165, 1.54) is 0 Å². The van der Waals surface area contributed by atoms with Crippen LogP contribution >= 0.6 is 0 Å². The van der Waals surface area contributed by atoms with Gasteiger partial charge in [-0.3, -0.25) is 14.5 Å². The van der Waals surface area contributed by atoms with E-state index in [4.69, 9.17) is 4.74 Å². The van der Waals surface area contributed by atoms with E-state index in [1.807, 2.05) is 68.4 Å². The van der Waals surface area contributed by atoms with Crippen LogP contribution in [0.5, 0.6) is 0 Å². The molecule has 4 aromatic heterocycles. The largest absolute Gasteiger partial charge is 0.376 e. The zero-order chi connectivity index (χ0) is 21.6. The van der Waals surface area contributed by atoms with Crippen molar-refractivity contribution < 1.29 is 9.53 Å². The SMILES string of the molecule is Cn1ccc(-c2ccc(Cc3cc(C(=O)NC4(C)COC4)nc4c3ccn4C)cn2)n1. The van der Waals surface area contributed by atoms with Crippen molar-refractivity contribution in [2.75, 3.05) is 13.2 Å². The number of fused-ring (bicyclic) bond motifs is 1. The molecule has 4 aromatic rings. The first kappa shape index (κ1) is 19.4. The van der Waals surface area contributed by atoms with E-state index in [0.717, 1.165) is 33.5 Å². The number of aromatic nitrogens is 5. The summed E-state index contributed by atoms with van der Waals surface area (Å²) in [6.45, 7) is 3.02. The summed E-state index contributed by atoms with van der Waals surface area (Å²) in [5, 5.41) is 8.48. The predicted molar refractivity (Wildman–Crippen MR) is 117 cm³/mol. The van der Waals surface area contributed by atoms with Crippen LogP contribution in [-0.2, 0) is 25.3 Å². The number of nitrogens with one attached hydrogen (secondary N) is 1. The second kappa shape index (κ2) is 7.31. The van der Waals surface area contributed by atoms with Crippen LogP contribution in [-0.4, -0.2) is 49.0 Å². The number of hydrogen-bond donors (Lipinski definition) is 1. The van der Waals surface area contributed by atoms with E-state index in [2.05, 4.69) is 26.4 Å². The number of nitrogens with zero attached hydrogens (tertiary/aromatic N) is 5. The lowest BCUT2D eigenvalue weighted by molar-refractivity contribution is -0.0594. The van der Waals surface area contributed by atoms with Crippen molar-refractivity contribution >= 4 is 16.9 Å². The Hall–Kier alpha value is -3.52. The maximum absolute atomic E-state index is 12.9. The summed E-state index contributed by atoms with van der Waals surface area (Å²) in [6.07, 6.45) is 6.38. The van der Waals surface area contributed by atoms with Gasteiger partial charge in [-0.25, -0.2) is 4.98 Å². The van der Waals surface area contributed by atoms with E-state index < -0.39 is 0 Å². The highest BCUT2D eigenvalue weighted by molar-refractivity contribution is 5.96. The highest BCUT2D eigenvalue weighted by Gasteiger charge is 2.35. The van der Waals surface area contributed by atoms with Crippen LogP contribution in [0, 0.1) is 0 Å². The van der Waals surface area contributed by atoms with Gasteiger partial charge in [-0.05, 0) is 48.7 Å². The lowest BCUT2D eigenvalue weighted by atomic mass is 9.99. The van der Waals surface area contributed by atoms with Crippen molar-refractivity contribution in [2.45, 2.75) is 18.9 Å². The third-order valence-corrected chi connectivity index (χ3v) is 5.61. The zero-order valence-corrected chi connectivity index (χ0v) is 17.8. The van der Waals surface area contributed by atoms with E-state index >= 15 is 0 Å². The van der Waals surface area contributed by atoms with Gasteiger partial charge < -0.3 is 14.6 Å². The number of pyridine rings is 2. The van der Waals surface area contributed by atoms with Gasteiger partial charge in [0.15, 0.2) is 0 Å². The highest BCUT2D eigenvalue weighted by Crippen LogP contribution is 2.24. The predicted octanol–water partition coefficient (Wildman–Crippen LogP) is 2.48. The van der Waals surface area contributed by atoms with Gasteiger partial charge in [0.2, 0.25) is 0 Å². The van der Waals surface area contributed by atoms with Crippen LogP contribution in [0.25, 0.3) is 22.4 Å². The number of amides is 1. The average Bonchev–Trinajstić information content (AvgIpc) is 3.33. The quantitative estimate of drug-likeness (QED) is 0.540. The Balaban J connectivity index is 1.45. The first-order valence-corrected chi connectivity index (χ1v) is 10.2. The minimum Gasteiger partial charge on any atom is -0.376 e. The topological polar surface area (TPSA) is 86.9 Å². The van der Waals surface area contributed by atoms with Gasteiger partial charge in [0.25, 0.3) is 5.91 Å². The van der Waals surface area contributed by atoms with E-state index in [-0.39, 0.29) is 11.4 Å². The standard InChI is InChI=1S/C23H24N6O2/c1-23(13-31-14-23)26-22(30)20-11-16(17-6-8-28(2)21(17)25-20)10-15-4-5-18(24-12-15)19-7-9-29(3)27-19/h4-9,11-12H,10,13-14H2,1-3H3,(H,26,30). The molecule has 5 rings (SSSR count). The number of hydrogen-bond acceptors (Lipinski definition) is 5. The molecule has 0 spiro atoms. The fraction of sp³-hybridized carbons (Fsp3) is 0.304. The monoisotopic (exact) mass is 416 g/mol. The minimum absolute atomic E-state index is 0.182. The van der Waals surface area contributed by atoms with Gasteiger partial charge in [0.05, 0.1) is 24.4 Å². The zero-order valence-electron chi connectivity index (χ0n) is 17.8. The molecule has 8 heteroatoms. The van der Waals surface area contributed by atoms with Crippen LogP contribution in [0.1, 0.15) is 28.5 Å². The first-order chi connectivity index (χ1) is 14.9. The summed E-state index contributed by atoms with van der Waals surface area (Å²) in [5.74, 6) is -0.182. The summed E-state index contributed by atoms with van der Waals surface area (Å²) >= 11 is 0. The number of carbonyl (C=O) groups excluding carboxylic acids is 1. The molecule has 5 heterocycles. The van der Waals surface area contributed by atoms with Crippen molar-refractivity contribution in [2.24, 2.45) is 14.1 Å². The van der Waals surface area contributed by atoms with Gasteiger partial charge in [-0.2, -0.15) is 5.10 Å². The molecule has 1 N–H and O–H groups in total. The Morgan fingerprint density at radius 1 is 1.16 bits per heavy atom. The molecule has 0 radical (unpaired) electrons. The fourth-order valence-electron chi connectivity index (χ4n) is 3.83. The van der Waals surface area contributed by atoms with E-state index in [9.17, 15) is 4.79 Å². The highest BCUT2D eigenvalue weighted by atomic mass is 16.5. The first-order valence-electron chi connectivity index (χ1n) is 10.2. The third kappa shape index (κ3) is 3.70. The summed E-state index contributed by atoms with van der Waals surface area (Å²) in [4.78, 5) is 22.1. The second-order valence-corrected chi connectivity index (χ2v) is 8.44. The normalized spacial score (nSPS) is 15.1. The molecule has 1 aliphatic rings. The fourth-order valence-corrected chi connectivity index (χ4v) is 3.83. The van der Waals surface area contributed by atoms with Crippen LogP contribution in [0.4, 0.5) is 0 Å². The molecule has 0 aromatic carbocycles. The smallest absolute Gasteiger partial charge is 0.270 e. The van der Waals surface area contributed by atoms with Gasteiger partial charge in [-0.15, -0.1) is 0 Å². The van der Waals surface area contributed by atoms with Crippen molar-refractivity contribution in [1.82, 2.24) is 29.6 Å². The lowest BCUT2D eigenvalue weighted by Crippen LogP contribution is -2.60.